The average molecular weight is 381 g/mol. The summed E-state index contributed by atoms with van der Waals surface area (Å²) in [6.07, 6.45) is 0. The zero-order chi connectivity index (χ0) is 19.8. The van der Waals surface area contributed by atoms with Gasteiger partial charge in [0, 0.05) is 12.2 Å². The van der Waals surface area contributed by atoms with Crippen molar-refractivity contribution >= 4 is 5.69 Å². The maximum Gasteiger partial charge on any atom is 0.161 e. The third-order valence-electron chi connectivity index (χ3n) is 4.20. The minimum Gasteiger partial charge on any atom is -0.494 e. The van der Waals surface area contributed by atoms with Gasteiger partial charge in [-0.2, -0.15) is 0 Å². The molecule has 3 aromatic rings. The van der Waals surface area contributed by atoms with Crippen molar-refractivity contribution in [1.29, 1.82) is 0 Å². The largest absolute Gasteiger partial charge is 0.494 e. The Hall–Kier alpha value is -3.21. The Bertz CT molecular complexity index is 879. The number of nitrogens with one attached hydrogen (secondary N) is 1. The predicted molar refractivity (Wildman–Crippen MR) is 109 cm³/mol. The average Bonchev–Trinajstić information content (AvgIpc) is 2.73. The summed E-state index contributed by atoms with van der Waals surface area (Å²) < 4.78 is 29.7. The van der Waals surface area contributed by atoms with E-state index in [1.807, 2.05) is 49.4 Å². The fourth-order valence-corrected chi connectivity index (χ4v) is 2.72. The van der Waals surface area contributed by atoms with Gasteiger partial charge in [0.1, 0.15) is 18.2 Å². The number of rotatable bonds is 9. The number of benzene rings is 3. The SMILES string of the molecule is CCOc1ccc(NCc2ccc(OCc3ccc(F)cc3)c(OC)c2)cc1. The van der Waals surface area contributed by atoms with E-state index in [4.69, 9.17) is 14.2 Å². The Morgan fingerprint density at radius 1 is 0.821 bits per heavy atom. The first kappa shape index (κ1) is 19.5. The van der Waals surface area contributed by atoms with Crippen molar-refractivity contribution in [2.24, 2.45) is 0 Å². The van der Waals surface area contributed by atoms with Gasteiger partial charge in [-0.25, -0.2) is 4.39 Å². The highest BCUT2D eigenvalue weighted by Gasteiger charge is 2.07. The summed E-state index contributed by atoms with van der Waals surface area (Å²) >= 11 is 0. The van der Waals surface area contributed by atoms with Crippen LogP contribution in [0.4, 0.5) is 10.1 Å². The first-order valence-corrected chi connectivity index (χ1v) is 9.19. The molecule has 0 unspecified atom stereocenters. The molecule has 0 heterocycles. The second-order valence-electron chi connectivity index (χ2n) is 6.21. The third kappa shape index (κ3) is 5.39. The van der Waals surface area contributed by atoms with Crippen molar-refractivity contribution in [2.75, 3.05) is 19.0 Å². The normalized spacial score (nSPS) is 10.4. The summed E-state index contributed by atoms with van der Waals surface area (Å²) in [6.45, 7) is 3.62. The molecule has 3 aromatic carbocycles. The lowest BCUT2D eigenvalue weighted by molar-refractivity contribution is 0.284. The summed E-state index contributed by atoms with van der Waals surface area (Å²) in [6, 6.07) is 19.9. The molecule has 146 valence electrons. The monoisotopic (exact) mass is 381 g/mol. The molecule has 0 spiro atoms. The van der Waals surface area contributed by atoms with Crippen LogP contribution in [0.1, 0.15) is 18.1 Å². The van der Waals surface area contributed by atoms with E-state index in [9.17, 15) is 4.39 Å². The van der Waals surface area contributed by atoms with Crippen LogP contribution < -0.4 is 19.5 Å². The lowest BCUT2D eigenvalue weighted by Gasteiger charge is -2.13. The van der Waals surface area contributed by atoms with E-state index in [2.05, 4.69) is 5.32 Å². The number of hydrogen-bond acceptors (Lipinski definition) is 4. The second kappa shape index (κ2) is 9.65. The maximum atomic E-state index is 13.0. The Morgan fingerprint density at radius 3 is 2.21 bits per heavy atom. The van der Waals surface area contributed by atoms with Crippen LogP contribution in [-0.2, 0) is 13.2 Å². The first-order valence-electron chi connectivity index (χ1n) is 9.19. The fraction of sp³-hybridized carbons (Fsp3) is 0.217. The van der Waals surface area contributed by atoms with E-state index in [-0.39, 0.29) is 5.82 Å². The van der Waals surface area contributed by atoms with Crippen LogP contribution in [0.15, 0.2) is 66.7 Å². The Morgan fingerprint density at radius 2 is 1.54 bits per heavy atom. The molecule has 0 aliphatic carbocycles. The molecule has 0 fully saturated rings. The molecule has 5 heteroatoms. The molecular weight excluding hydrogens is 357 g/mol. The Kier molecular flexibility index (Phi) is 6.73. The minimum atomic E-state index is -0.259. The summed E-state index contributed by atoms with van der Waals surface area (Å²) in [7, 11) is 1.61. The minimum absolute atomic E-state index is 0.259. The lowest BCUT2D eigenvalue weighted by atomic mass is 10.2. The van der Waals surface area contributed by atoms with Gasteiger partial charge in [-0.3, -0.25) is 0 Å². The Balaban J connectivity index is 1.59. The topological polar surface area (TPSA) is 39.7 Å². The van der Waals surface area contributed by atoms with E-state index >= 15 is 0 Å². The van der Waals surface area contributed by atoms with Crippen LogP contribution in [0.2, 0.25) is 0 Å². The molecule has 3 rings (SSSR count). The molecule has 1 N–H and O–H groups in total. The second-order valence-corrected chi connectivity index (χ2v) is 6.21. The number of hydrogen-bond donors (Lipinski definition) is 1. The van der Waals surface area contributed by atoms with Gasteiger partial charge >= 0.3 is 0 Å². The van der Waals surface area contributed by atoms with Crippen molar-refractivity contribution in [1.82, 2.24) is 0 Å². The highest BCUT2D eigenvalue weighted by molar-refractivity contribution is 5.48. The van der Waals surface area contributed by atoms with Crippen LogP contribution in [0.5, 0.6) is 17.2 Å². The molecular formula is C23H24FNO3. The van der Waals surface area contributed by atoms with Crippen molar-refractivity contribution in [3.63, 3.8) is 0 Å². The van der Waals surface area contributed by atoms with Gasteiger partial charge in [-0.05, 0) is 66.6 Å². The van der Waals surface area contributed by atoms with Gasteiger partial charge < -0.3 is 19.5 Å². The van der Waals surface area contributed by atoms with E-state index in [1.165, 1.54) is 12.1 Å². The van der Waals surface area contributed by atoms with Crippen molar-refractivity contribution in [3.05, 3.63) is 83.7 Å². The highest BCUT2D eigenvalue weighted by Crippen LogP contribution is 2.29. The van der Waals surface area contributed by atoms with Crippen LogP contribution in [-0.4, -0.2) is 13.7 Å². The molecule has 0 saturated carbocycles. The van der Waals surface area contributed by atoms with Crippen molar-refractivity contribution in [2.45, 2.75) is 20.1 Å². The fourth-order valence-electron chi connectivity index (χ4n) is 2.72. The molecule has 0 aliphatic rings. The number of ether oxygens (including phenoxy) is 3. The van der Waals surface area contributed by atoms with Gasteiger partial charge in [0.05, 0.1) is 13.7 Å². The summed E-state index contributed by atoms with van der Waals surface area (Å²) in [5, 5.41) is 3.38. The third-order valence-corrected chi connectivity index (χ3v) is 4.20. The van der Waals surface area contributed by atoms with Crippen molar-refractivity contribution < 1.29 is 18.6 Å². The predicted octanol–water partition coefficient (Wildman–Crippen LogP) is 5.42. The van der Waals surface area contributed by atoms with E-state index < -0.39 is 0 Å². The van der Waals surface area contributed by atoms with Gasteiger partial charge in [0.25, 0.3) is 0 Å². The Labute approximate surface area is 164 Å². The molecule has 4 nitrogen and oxygen atoms in total. The van der Waals surface area contributed by atoms with Crippen LogP contribution in [0.3, 0.4) is 0 Å². The highest BCUT2D eigenvalue weighted by atomic mass is 19.1. The van der Waals surface area contributed by atoms with Gasteiger partial charge in [0.2, 0.25) is 0 Å². The van der Waals surface area contributed by atoms with E-state index in [0.717, 1.165) is 22.6 Å². The van der Waals surface area contributed by atoms with Crippen LogP contribution in [0.25, 0.3) is 0 Å². The summed E-state index contributed by atoms with van der Waals surface area (Å²) in [5.74, 6) is 1.91. The molecule has 0 radical (unpaired) electrons. The molecule has 0 bridgehead atoms. The summed E-state index contributed by atoms with van der Waals surface area (Å²) in [4.78, 5) is 0. The standard InChI is InChI=1S/C23H24FNO3/c1-3-27-21-11-9-20(10-12-21)25-15-18-6-13-22(23(14-18)26-2)28-16-17-4-7-19(24)8-5-17/h4-14,25H,3,15-16H2,1-2H3. The number of anilines is 1. The zero-order valence-electron chi connectivity index (χ0n) is 16.1. The first-order chi connectivity index (χ1) is 13.7. The van der Waals surface area contributed by atoms with E-state index in [1.54, 1.807) is 19.2 Å². The molecule has 0 aromatic heterocycles. The zero-order valence-corrected chi connectivity index (χ0v) is 16.1. The van der Waals surface area contributed by atoms with Gasteiger partial charge in [-0.15, -0.1) is 0 Å². The lowest BCUT2D eigenvalue weighted by Crippen LogP contribution is -2.02. The smallest absolute Gasteiger partial charge is 0.161 e. The summed E-state index contributed by atoms with van der Waals surface area (Å²) in [5.41, 5.74) is 2.98. The quantitative estimate of drug-likeness (QED) is 0.537. The van der Waals surface area contributed by atoms with Crippen molar-refractivity contribution in [3.8, 4) is 17.2 Å². The number of methoxy groups -OCH3 is 1. The molecule has 0 atom stereocenters. The molecule has 0 amide bonds. The van der Waals surface area contributed by atoms with Crippen LogP contribution in [0, 0.1) is 5.82 Å². The maximum absolute atomic E-state index is 13.0. The number of halogens is 1. The molecule has 28 heavy (non-hydrogen) atoms. The van der Waals surface area contributed by atoms with E-state index in [0.29, 0.717) is 31.3 Å². The van der Waals surface area contributed by atoms with Gasteiger partial charge in [0.15, 0.2) is 11.5 Å². The van der Waals surface area contributed by atoms with Crippen LogP contribution >= 0.6 is 0 Å². The molecule has 0 saturated heterocycles. The molecule has 0 aliphatic heterocycles. The van der Waals surface area contributed by atoms with Gasteiger partial charge in [-0.1, -0.05) is 18.2 Å².